The Morgan fingerprint density at radius 3 is 2.76 bits per heavy atom. The van der Waals surface area contributed by atoms with E-state index >= 15 is 0 Å². The number of hydrogen-bond donors (Lipinski definition) is 0. The van der Waals surface area contributed by atoms with Gasteiger partial charge in [0.2, 0.25) is 5.91 Å². The zero-order chi connectivity index (χ0) is 12.3. The molecule has 0 aliphatic carbocycles. The number of rotatable bonds is 4. The Balaban J connectivity index is 2.06. The Hall–Kier alpha value is -1.57. The van der Waals surface area contributed by atoms with E-state index in [1.54, 1.807) is 6.08 Å². The van der Waals surface area contributed by atoms with Crippen molar-refractivity contribution in [2.24, 2.45) is 5.92 Å². The van der Waals surface area contributed by atoms with Gasteiger partial charge >= 0.3 is 0 Å². The van der Waals surface area contributed by atoms with E-state index in [-0.39, 0.29) is 11.9 Å². The molecule has 1 aromatic carbocycles. The highest BCUT2D eigenvalue weighted by atomic mass is 16.2. The van der Waals surface area contributed by atoms with Crippen molar-refractivity contribution >= 4 is 5.91 Å². The van der Waals surface area contributed by atoms with Gasteiger partial charge in [0.1, 0.15) is 0 Å². The zero-order valence-corrected chi connectivity index (χ0v) is 10.3. The molecule has 17 heavy (non-hydrogen) atoms. The highest BCUT2D eigenvalue weighted by Crippen LogP contribution is 2.38. The first-order chi connectivity index (χ1) is 8.24. The van der Waals surface area contributed by atoms with Crippen molar-refractivity contribution in [3.05, 3.63) is 48.6 Å². The summed E-state index contributed by atoms with van der Waals surface area (Å²) in [7, 11) is 0. The molecule has 1 aliphatic rings. The van der Waals surface area contributed by atoms with Crippen LogP contribution in [0.4, 0.5) is 0 Å². The van der Waals surface area contributed by atoms with Crippen LogP contribution in [0.5, 0.6) is 0 Å². The van der Waals surface area contributed by atoms with Crippen LogP contribution in [0.15, 0.2) is 43.0 Å². The molecule has 0 bridgehead atoms. The van der Waals surface area contributed by atoms with Crippen molar-refractivity contribution in [3.8, 4) is 0 Å². The van der Waals surface area contributed by atoms with E-state index in [0.29, 0.717) is 12.3 Å². The van der Waals surface area contributed by atoms with E-state index in [1.807, 2.05) is 23.1 Å². The first-order valence-corrected chi connectivity index (χ1v) is 6.19. The summed E-state index contributed by atoms with van der Waals surface area (Å²) < 4.78 is 0. The molecule has 0 saturated carbocycles. The lowest BCUT2D eigenvalue weighted by molar-refractivity contribution is -0.143. The fraction of sp³-hybridized carbons (Fsp3) is 0.400. The van der Waals surface area contributed by atoms with Gasteiger partial charge in [-0.3, -0.25) is 4.79 Å². The highest BCUT2D eigenvalue weighted by molar-refractivity contribution is 5.77. The first kappa shape index (κ1) is 11.9. The van der Waals surface area contributed by atoms with E-state index < -0.39 is 0 Å². The normalized spacial score (nSPS) is 23.0. The summed E-state index contributed by atoms with van der Waals surface area (Å²) in [6.07, 6.45) is 3.16. The standard InChI is InChI=1S/C15H19NO/c1-3-4-10-14(17)16-11-12(2)15(16)13-8-6-5-7-9-13/h3,5-9,12,15H,1,4,10-11H2,2H3/t12-,15-/m1/s1. The number of benzene rings is 1. The van der Waals surface area contributed by atoms with Crippen LogP contribution in [-0.2, 0) is 4.79 Å². The second kappa shape index (κ2) is 5.17. The molecular formula is C15H19NO. The molecule has 2 rings (SSSR count). The average molecular weight is 229 g/mol. The molecule has 2 atom stereocenters. The lowest BCUT2D eigenvalue weighted by Gasteiger charge is -2.47. The summed E-state index contributed by atoms with van der Waals surface area (Å²) in [5.41, 5.74) is 1.25. The molecule has 1 saturated heterocycles. The number of carbonyl (C=O) groups is 1. The summed E-state index contributed by atoms with van der Waals surface area (Å²) in [5.74, 6) is 0.807. The van der Waals surface area contributed by atoms with Gasteiger partial charge < -0.3 is 4.90 Å². The minimum Gasteiger partial charge on any atom is -0.335 e. The summed E-state index contributed by atoms with van der Waals surface area (Å²) in [4.78, 5) is 14.0. The smallest absolute Gasteiger partial charge is 0.223 e. The van der Waals surface area contributed by atoms with Crippen LogP contribution < -0.4 is 0 Å². The topological polar surface area (TPSA) is 20.3 Å². The van der Waals surface area contributed by atoms with Crippen LogP contribution in [0.1, 0.15) is 31.4 Å². The van der Waals surface area contributed by atoms with Crippen LogP contribution in [-0.4, -0.2) is 17.4 Å². The Labute approximate surface area is 103 Å². The molecule has 1 aromatic rings. The van der Waals surface area contributed by atoms with Crippen LogP contribution in [0.2, 0.25) is 0 Å². The van der Waals surface area contributed by atoms with Crippen molar-refractivity contribution in [3.63, 3.8) is 0 Å². The quantitative estimate of drug-likeness (QED) is 0.726. The Bertz CT molecular complexity index is 399. The fourth-order valence-electron chi connectivity index (χ4n) is 2.48. The lowest BCUT2D eigenvalue weighted by atomic mass is 9.84. The highest BCUT2D eigenvalue weighted by Gasteiger charge is 2.39. The molecule has 90 valence electrons. The number of amides is 1. The third-order valence-electron chi connectivity index (χ3n) is 3.38. The summed E-state index contributed by atoms with van der Waals surface area (Å²) in [6.45, 7) is 6.75. The predicted molar refractivity (Wildman–Crippen MR) is 69.5 cm³/mol. The van der Waals surface area contributed by atoms with E-state index in [4.69, 9.17) is 0 Å². The lowest BCUT2D eigenvalue weighted by Crippen LogP contribution is -2.51. The molecule has 1 amide bonds. The van der Waals surface area contributed by atoms with Gasteiger partial charge in [-0.2, -0.15) is 0 Å². The minimum absolute atomic E-state index is 0.247. The summed E-state index contributed by atoms with van der Waals surface area (Å²) in [6, 6.07) is 10.6. The van der Waals surface area contributed by atoms with Crippen LogP contribution >= 0.6 is 0 Å². The van der Waals surface area contributed by atoms with Gasteiger partial charge in [-0.1, -0.05) is 43.3 Å². The molecule has 2 heteroatoms. The molecule has 1 heterocycles. The maximum atomic E-state index is 12.0. The van der Waals surface area contributed by atoms with Gasteiger partial charge in [0.15, 0.2) is 0 Å². The maximum absolute atomic E-state index is 12.0. The minimum atomic E-state index is 0.247. The van der Waals surface area contributed by atoms with Crippen LogP contribution in [0.3, 0.4) is 0 Å². The number of hydrogen-bond acceptors (Lipinski definition) is 1. The summed E-state index contributed by atoms with van der Waals surface area (Å²) in [5, 5.41) is 0. The van der Waals surface area contributed by atoms with Crippen LogP contribution in [0.25, 0.3) is 0 Å². The third kappa shape index (κ3) is 2.41. The fourth-order valence-corrected chi connectivity index (χ4v) is 2.48. The largest absolute Gasteiger partial charge is 0.335 e. The van der Waals surface area contributed by atoms with Gasteiger partial charge in [0.25, 0.3) is 0 Å². The SMILES string of the molecule is C=CCCC(=O)N1C[C@@H](C)[C@@H]1c1ccccc1. The third-order valence-corrected chi connectivity index (χ3v) is 3.38. The van der Waals surface area contributed by atoms with Gasteiger partial charge in [-0.15, -0.1) is 6.58 Å². The van der Waals surface area contributed by atoms with Crippen molar-refractivity contribution < 1.29 is 4.79 Å². The zero-order valence-electron chi connectivity index (χ0n) is 10.3. The average Bonchev–Trinajstić information content (AvgIpc) is 2.34. The van der Waals surface area contributed by atoms with Gasteiger partial charge in [0.05, 0.1) is 6.04 Å². The van der Waals surface area contributed by atoms with E-state index in [9.17, 15) is 4.79 Å². The number of likely N-dealkylation sites (tertiary alicyclic amines) is 1. The number of nitrogens with zero attached hydrogens (tertiary/aromatic N) is 1. The van der Waals surface area contributed by atoms with Gasteiger partial charge in [0, 0.05) is 13.0 Å². The predicted octanol–water partition coefficient (Wildman–Crippen LogP) is 3.17. The van der Waals surface area contributed by atoms with E-state index in [2.05, 4.69) is 25.6 Å². The molecular weight excluding hydrogens is 210 g/mol. The van der Waals surface area contributed by atoms with Crippen molar-refractivity contribution in [1.29, 1.82) is 0 Å². The molecule has 1 aliphatic heterocycles. The van der Waals surface area contributed by atoms with E-state index in [1.165, 1.54) is 5.56 Å². The molecule has 0 spiro atoms. The summed E-state index contributed by atoms with van der Waals surface area (Å²) >= 11 is 0. The van der Waals surface area contributed by atoms with Crippen molar-refractivity contribution in [2.45, 2.75) is 25.8 Å². The first-order valence-electron chi connectivity index (χ1n) is 6.19. The Morgan fingerprint density at radius 1 is 1.47 bits per heavy atom. The van der Waals surface area contributed by atoms with Crippen molar-refractivity contribution in [1.82, 2.24) is 4.90 Å². The van der Waals surface area contributed by atoms with E-state index in [0.717, 1.165) is 13.0 Å². The molecule has 0 aromatic heterocycles. The Morgan fingerprint density at radius 2 is 2.18 bits per heavy atom. The Kier molecular flexibility index (Phi) is 3.62. The maximum Gasteiger partial charge on any atom is 0.223 e. The molecule has 1 fully saturated rings. The van der Waals surface area contributed by atoms with Gasteiger partial charge in [-0.05, 0) is 17.9 Å². The molecule has 0 unspecified atom stereocenters. The molecule has 2 nitrogen and oxygen atoms in total. The second-order valence-electron chi connectivity index (χ2n) is 4.71. The van der Waals surface area contributed by atoms with Gasteiger partial charge in [-0.25, -0.2) is 0 Å². The van der Waals surface area contributed by atoms with Crippen molar-refractivity contribution in [2.75, 3.05) is 6.54 Å². The monoisotopic (exact) mass is 229 g/mol. The van der Waals surface area contributed by atoms with Crippen LogP contribution in [0, 0.1) is 5.92 Å². The second-order valence-corrected chi connectivity index (χ2v) is 4.71. The number of allylic oxidation sites excluding steroid dienone is 1. The molecule has 0 N–H and O–H groups in total. The number of carbonyl (C=O) groups excluding carboxylic acids is 1. The molecule has 0 radical (unpaired) electrons.